The first-order valence-corrected chi connectivity index (χ1v) is 4.81. The second kappa shape index (κ2) is 2.56. The van der Waals surface area contributed by atoms with Crippen LogP contribution in [0.2, 0.25) is 0 Å². The Morgan fingerprint density at radius 1 is 1.43 bits per heavy atom. The molecule has 1 N–H and O–H groups in total. The summed E-state index contributed by atoms with van der Waals surface area (Å²) in [6.45, 7) is 0. The van der Waals surface area contributed by atoms with E-state index >= 15 is 0 Å². The number of fused-ring (bicyclic) bond motifs is 1. The summed E-state index contributed by atoms with van der Waals surface area (Å²) < 4.78 is 12.9. The molecule has 3 unspecified atom stereocenters. The van der Waals surface area contributed by atoms with Gasteiger partial charge in [-0.05, 0) is 30.0 Å². The molecule has 1 aliphatic carbocycles. The molecule has 2 aliphatic rings. The van der Waals surface area contributed by atoms with Gasteiger partial charge in [0.1, 0.15) is 5.82 Å². The molecule has 72 valence electrons. The Hall–Kier alpha value is -1.38. The van der Waals surface area contributed by atoms with Gasteiger partial charge in [-0.15, -0.1) is 0 Å². The maximum atomic E-state index is 12.9. The Labute approximate surface area is 81.1 Å². The number of rotatable bonds is 1. The molecular formula is C11H10FNO. The van der Waals surface area contributed by atoms with Crippen molar-refractivity contribution in [2.75, 3.05) is 0 Å². The Morgan fingerprint density at radius 2 is 2.29 bits per heavy atom. The van der Waals surface area contributed by atoms with Crippen molar-refractivity contribution < 1.29 is 9.18 Å². The van der Waals surface area contributed by atoms with Gasteiger partial charge in [0.2, 0.25) is 5.91 Å². The number of amides is 1. The van der Waals surface area contributed by atoms with Gasteiger partial charge >= 0.3 is 0 Å². The fourth-order valence-corrected chi connectivity index (χ4v) is 2.28. The minimum Gasteiger partial charge on any atom is -0.349 e. The second-order valence-corrected chi connectivity index (χ2v) is 4.05. The minimum atomic E-state index is -0.235. The van der Waals surface area contributed by atoms with Crippen LogP contribution in [0.5, 0.6) is 0 Å². The number of piperidine rings is 1. The van der Waals surface area contributed by atoms with Gasteiger partial charge in [-0.2, -0.15) is 0 Å². The van der Waals surface area contributed by atoms with Crippen molar-refractivity contribution in [3.8, 4) is 0 Å². The average Bonchev–Trinajstić information content (AvgIpc) is 2.88. The maximum absolute atomic E-state index is 12.9. The van der Waals surface area contributed by atoms with Gasteiger partial charge < -0.3 is 5.32 Å². The van der Waals surface area contributed by atoms with Gasteiger partial charge in [0.25, 0.3) is 0 Å². The molecule has 1 aliphatic heterocycles. The van der Waals surface area contributed by atoms with Crippen molar-refractivity contribution >= 4 is 5.91 Å². The molecule has 1 aromatic rings. The van der Waals surface area contributed by atoms with E-state index in [1.54, 1.807) is 6.07 Å². The topological polar surface area (TPSA) is 29.1 Å². The van der Waals surface area contributed by atoms with Crippen LogP contribution in [0.1, 0.15) is 18.0 Å². The van der Waals surface area contributed by atoms with Crippen LogP contribution in [0.25, 0.3) is 0 Å². The summed E-state index contributed by atoms with van der Waals surface area (Å²) in [4.78, 5) is 11.3. The van der Waals surface area contributed by atoms with Crippen molar-refractivity contribution in [2.24, 2.45) is 11.8 Å². The molecule has 0 bridgehead atoms. The van der Waals surface area contributed by atoms with Gasteiger partial charge in [0, 0.05) is 5.92 Å². The monoisotopic (exact) mass is 191 g/mol. The molecule has 1 heterocycles. The van der Waals surface area contributed by atoms with Crippen LogP contribution in [-0.4, -0.2) is 5.91 Å². The van der Waals surface area contributed by atoms with Crippen LogP contribution in [-0.2, 0) is 4.79 Å². The van der Waals surface area contributed by atoms with Gasteiger partial charge in [0.15, 0.2) is 0 Å². The Morgan fingerprint density at radius 3 is 2.86 bits per heavy atom. The van der Waals surface area contributed by atoms with Gasteiger partial charge in [-0.25, -0.2) is 4.39 Å². The highest BCUT2D eigenvalue weighted by molar-refractivity contribution is 5.85. The molecule has 1 saturated carbocycles. The molecule has 14 heavy (non-hydrogen) atoms. The highest BCUT2D eigenvalue weighted by Crippen LogP contribution is 2.52. The molecule has 3 atom stereocenters. The van der Waals surface area contributed by atoms with E-state index < -0.39 is 0 Å². The van der Waals surface area contributed by atoms with Crippen LogP contribution < -0.4 is 5.32 Å². The van der Waals surface area contributed by atoms with Crippen LogP contribution in [0.3, 0.4) is 0 Å². The van der Waals surface area contributed by atoms with E-state index in [2.05, 4.69) is 5.32 Å². The van der Waals surface area contributed by atoms with Crippen LogP contribution in [0.4, 0.5) is 4.39 Å². The summed E-state index contributed by atoms with van der Waals surface area (Å²) >= 11 is 0. The normalized spacial score (nSPS) is 33.8. The SMILES string of the molecule is O=C1NC(c2cccc(F)c2)C2CC12. The smallest absolute Gasteiger partial charge is 0.223 e. The Kier molecular flexibility index (Phi) is 1.46. The molecular weight excluding hydrogens is 181 g/mol. The first-order valence-electron chi connectivity index (χ1n) is 4.81. The minimum absolute atomic E-state index is 0.0446. The molecule has 1 aromatic carbocycles. The number of benzene rings is 1. The van der Waals surface area contributed by atoms with E-state index in [1.165, 1.54) is 12.1 Å². The van der Waals surface area contributed by atoms with Crippen molar-refractivity contribution in [3.05, 3.63) is 35.6 Å². The predicted molar refractivity (Wildman–Crippen MR) is 48.9 cm³/mol. The number of carbonyl (C=O) groups excluding carboxylic acids is 1. The number of hydrogen-bond acceptors (Lipinski definition) is 1. The van der Waals surface area contributed by atoms with E-state index in [-0.39, 0.29) is 23.7 Å². The zero-order valence-electron chi connectivity index (χ0n) is 7.53. The fourth-order valence-electron chi connectivity index (χ4n) is 2.28. The Balaban J connectivity index is 1.93. The summed E-state index contributed by atoms with van der Waals surface area (Å²) in [5.41, 5.74) is 0.892. The summed E-state index contributed by atoms with van der Waals surface area (Å²) in [7, 11) is 0. The molecule has 0 aromatic heterocycles. The molecule has 0 radical (unpaired) electrons. The van der Waals surface area contributed by atoms with E-state index in [9.17, 15) is 9.18 Å². The highest BCUT2D eigenvalue weighted by Gasteiger charge is 2.54. The largest absolute Gasteiger partial charge is 0.349 e. The Bertz CT molecular complexity index is 404. The fraction of sp³-hybridized carbons (Fsp3) is 0.364. The zero-order chi connectivity index (χ0) is 9.71. The molecule has 3 heteroatoms. The maximum Gasteiger partial charge on any atom is 0.223 e. The molecule has 0 spiro atoms. The van der Waals surface area contributed by atoms with Gasteiger partial charge in [-0.3, -0.25) is 4.79 Å². The summed E-state index contributed by atoms with van der Waals surface area (Å²) in [6.07, 6.45) is 0.965. The number of hydrogen-bond donors (Lipinski definition) is 1. The highest BCUT2D eigenvalue weighted by atomic mass is 19.1. The lowest BCUT2D eigenvalue weighted by Crippen LogP contribution is -2.23. The van der Waals surface area contributed by atoms with E-state index in [0.29, 0.717) is 5.92 Å². The summed E-state index contributed by atoms with van der Waals surface area (Å²) in [5, 5.41) is 2.89. The second-order valence-electron chi connectivity index (χ2n) is 4.05. The van der Waals surface area contributed by atoms with Crippen LogP contribution in [0.15, 0.2) is 24.3 Å². The first-order chi connectivity index (χ1) is 6.75. The standard InChI is InChI=1S/C11H10FNO/c12-7-3-1-2-6(4-7)10-8-5-9(8)11(14)13-10/h1-4,8-10H,5H2,(H,13,14). The molecule has 3 rings (SSSR count). The number of halogens is 1. The predicted octanol–water partition coefficient (Wildman–Crippen LogP) is 1.63. The zero-order valence-corrected chi connectivity index (χ0v) is 7.53. The van der Waals surface area contributed by atoms with E-state index in [1.807, 2.05) is 6.07 Å². The summed E-state index contributed by atoms with van der Waals surface area (Å²) in [6, 6.07) is 6.53. The summed E-state index contributed by atoms with van der Waals surface area (Å²) in [5.74, 6) is 0.498. The molecule has 1 amide bonds. The lowest BCUT2D eigenvalue weighted by atomic mass is 10.0. The third kappa shape index (κ3) is 1.05. The molecule has 2 fully saturated rings. The lowest BCUT2D eigenvalue weighted by Gasteiger charge is -2.13. The molecule has 2 nitrogen and oxygen atoms in total. The quantitative estimate of drug-likeness (QED) is 0.718. The van der Waals surface area contributed by atoms with Crippen molar-refractivity contribution in [2.45, 2.75) is 12.5 Å². The van der Waals surface area contributed by atoms with Crippen molar-refractivity contribution in [3.63, 3.8) is 0 Å². The van der Waals surface area contributed by atoms with Gasteiger partial charge in [0.05, 0.1) is 6.04 Å². The number of nitrogens with one attached hydrogen (secondary N) is 1. The third-order valence-electron chi connectivity index (χ3n) is 3.11. The van der Waals surface area contributed by atoms with Crippen molar-refractivity contribution in [1.29, 1.82) is 0 Å². The third-order valence-corrected chi connectivity index (χ3v) is 3.11. The van der Waals surface area contributed by atoms with Gasteiger partial charge in [-0.1, -0.05) is 12.1 Å². The lowest BCUT2D eigenvalue weighted by molar-refractivity contribution is -0.121. The van der Waals surface area contributed by atoms with E-state index in [0.717, 1.165) is 12.0 Å². The van der Waals surface area contributed by atoms with Crippen molar-refractivity contribution in [1.82, 2.24) is 5.32 Å². The first kappa shape index (κ1) is 7.97. The van der Waals surface area contributed by atoms with Crippen LogP contribution in [0, 0.1) is 17.7 Å². The number of carbonyl (C=O) groups is 1. The van der Waals surface area contributed by atoms with Crippen LogP contribution >= 0.6 is 0 Å². The van der Waals surface area contributed by atoms with E-state index in [4.69, 9.17) is 0 Å². The average molecular weight is 191 g/mol. The molecule has 1 saturated heterocycles.